The molecule has 0 aliphatic heterocycles. The highest BCUT2D eigenvalue weighted by atomic mass is 19.1. The molecule has 2 rings (SSSR count). The fourth-order valence-electron chi connectivity index (χ4n) is 2.02. The van der Waals surface area contributed by atoms with Gasteiger partial charge in [0.05, 0.1) is 0 Å². The van der Waals surface area contributed by atoms with E-state index in [9.17, 15) is 4.39 Å². The molecular weight excluding hydrogens is 257 g/mol. The normalized spacial score (nSPS) is 11.4. The summed E-state index contributed by atoms with van der Waals surface area (Å²) in [6.07, 6.45) is 0. The van der Waals surface area contributed by atoms with Crippen molar-refractivity contribution in [2.75, 3.05) is 11.9 Å². The molecule has 2 aromatic rings. The van der Waals surface area contributed by atoms with Gasteiger partial charge in [-0.05, 0) is 23.8 Å². The second kappa shape index (κ2) is 6.06. The molecule has 0 atom stereocenters. The first kappa shape index (κ1) is 13.9. The van der Waals surface area contributed by atoms with Crippen LogP contribution in [0.4, 0.5) is 10.1 Å². The van der Waals surface area contributed by atoms with Crippen molar-refractivity contribution in [3.05, 3.63) is 65.5 Å². The van der Waals surface area contributed by atoms with Crippen molar-refractivity contribution in [1.29, 1.82) is 0 Å². The van der Waals surface area contributed by atoms with Crippen molar-refractivity contribution in [2.24, 2.45) is 10.9 Å². The molecule has 0 radical (unpaired) electrons. The summed E-state index contributed by atoms with van der Waals surface area (Å²) >= 11 is 0. The number of rotatable bonds is 4. The zero-order valence-electron chi connectivity index (χ0n) is 11.1. The van der Waals surface area contributed by atoms with Crippen LogP contribution < -0.4 is 10.6 Å². The minimum absolute atomic E-state index is 0.0632. The van der Waals surface area contributed by atoms with Crippen molar-refractivity contribution in [3.63, 3.8) is 0 Å². The van der Waals surface area contributed by atoms with Crippen molar-refractivity contribution in [1.82, 2.24) is 0 Å². The molecule has 0 aliphatic rings. The SMILES string of the molecule is CN(Cc1ccccc1C(N)=NO)c1cccc(F)c1. The maximum absolute atomic E-state index is 13.2. The summed E-state index contributed by atoms with van der Waals surface area (Å²) in [7, 11) is 1.86. The fraction of sp³-hybridized carbons (Fsp3) is 0.133. The molecule has 0 amide bonds. The molecule has 104 valence electrons. The third-order valence-electron chi connectivity index (χ3n) is 3.06. The van der Waals surface area contributed by atoms with Crippen LogP contribution in [0.1, 0.15) is 11.1 Å². The first-order valence-electron chi connectivity index (χ1n) is 6.14. The van der Waals surface area contributed by atoms with Crippen LogP contribution >= 0.6 is 0 Å². The number of hydrogen-bond acceptors (Lipinski definition) is 3. The van der Waals surface area contributed by atoms with Crippen molar-refractivity contribution >= 4 is 11.5 Å². The maximum atomic E-state index is 13.2. The fourth-order valence-corrected chi connectivity index (χ4v) is 2.02. The highest BCUT2D eigenvalue weighted by Gasteiger charge is 2.09. The van der Waals surface area contributed by atoms with E-state index in [1.807, 2.05) is 36.2 Å². The van der Waals surface area contributed by atoms with Gasteiger partial charge in [-0.1, -0.05) is 35.5 Å². The van der Waals surface area contributed by atoms with Crippen LogP contribution in [-0.2, 0) is 6.54 Å². The summed E-state index contributed by atoms with van der Waals surface area (Å²) in [4.78, 5) is 1.90. The topological polar surface area (TPSA) is 61.8 Å². The Morgan fingerprint density at radius 2 is 2.00 bits per heavy atom. The Morgan fingerprint density at radius 3 is 2.70 bits per heavy atom. The van der Waals surface area contributed by atoms with Crippen LogP contribution in [0.25, 0.3) is 0 Å². The van der Waals surface area contributed by atoms with Gasteiger partial charge in [-0.25, -0.2) is 4.39 Å². The summed E-state index contributed by atoms with van der Waals surface area (Å²) in [5.41, 5.74) is 7.98. The second-order valence-electron chi connectivity index (χ2n) is 4.48. The van der Waals surface area contributed by atoms with Gasteiger partial charge < -0.3 is 15.8 Å². The molecule has 0 spiro atoms. The van der Waals surface area contributed by atoms with Crippen LogP contribution in [0.2, 0.25) is 0 Å². The molecule has 0 bridgehead atoms. The van der Waals surface area contributed by atoms with Crippen molar-refractivity contribution < 1.29 is 9.60 Å². The van der Waals surface area contributed by atoms with E-state index in [4.69, 9.17) is 10.9 Å². The Labute approximate surface area is 116 Å². The Bertz CT molecular complexity index is 628. The van der Waals surface area contributed by atoms with Crippen LogP contribution in [0.5, 0.6) is 0 Å². The third-order valence-corrected chi connectivity index (χ3v) is 3.06. The summed E-state index contributed by atoms with van der Waals surface area (Å²) < 4.78 is 13.2. The quantitative estimate of drug-likeness (QED) is 0.389. The lowest BCUT2D eigenvalue weighted by Crippen LogP contribution is -2.21. The summed E-state index contributed by atoms with van der Waals surface area (Å²) in [6.45, 7) is 0.524. The van der Waals surface area contributed by atoms with E-state index in [0.717, 1.165) is 11.3 Å². The molecule has 0 aliphatic carbocycles. The van der Waals surface area contributed by atoms with Gasteiger partial charge in [0.15, 0.2) is 5.84 Å². The minimum Gasteiger partial charge on any atom is -0.409 e. The highest BCUT2D eigenvalue weighted by molar-refractivity contribution is 5.98. The Hall–Kier alpha value is -2.56. The number of anilines is 1. The molecule has 5 heteroatoms. The molecule has 0 unspecified atom stereocenters. The Kier molecular flexibility index (Phi) is 4.20. The average molecular weight is 273 g/mol. The van der Waals surface area contributed by atoms with Crippen molar-refractivity contribution in [3.8, 4) is 0 Å². The first-order chi connectivity index (χ1) is 9.61. The minimum atomic E-state index is -0.279. The maximum Gasteiger partial charge on any atom is 0.170 e. The number of benzene rings is 2. The third kappa shape index (κ3) is 3.06. The lowest BCUT2D eigenvalue weighted by atomic mass is 10.1. The number of amidine groups is 1. The van der Waals surface area contributed by atoms with Gasteiger partial charge in [0.2, 0.25) is 0 Å². The number of hydrogen-bond donors (Lipinski definition) is 2. The van der Waals surface area contributed by atoms with E-state index in [0.29, 0.717) is 12.1 Å². The molecule has 0 fully saturated rings. The summed E-state index contributed by atoms with van der Waals surface area (Å²) in [6, 6.07) is 13.7. The molecule has 0 saturated carbocycles. The summed E-state index contributed by atoms with van der Waals surface area (Å²) in [5.74, 6) is -0.215. The van der Waals surface area contributed by atoms with Crippen LogP contribution in [0.15, 0.2) is 53.7 Å². The van der Waals surface area contributed by atoms with E-state index in [1.54, 1.807) is 12.1 Å². The Balaban J connectivity index is 2.26. The second-order valence-corrected chi connectivity index (χ2v) is 4.48. The van der Waals surface area contributed by atoms with E-state index in [-0.39, 0.29) is 11.7 Å². The lowest BCUT2D eigenvalue weighted by Gasteiger charge is -2.21. The molecule has 4 nitrogen and oxygen atoms in total. The lowest BCUT2D eigenvalue weighted by molar-refractivity contribution is 0.318. The molecule has 2 aromatic carbocycles. The number of nitrogens with zero attached hydrogens (tertiary/aromatic N) is 2. The predicted octanol–water partition coefficient (Wildman–Crippen LogP) is 2.56. The van der Waals surface area contributed by atoms with Crippen LogP contribution in [0.3, 0.4) is 0 Å². The van der Waals surface area contributed by atoms with Gasteiger partial charge in [0.25, 0.3) is 0 Å². The standard InChI is InChI=1S/C15H16FN3O/c1-19(13-7-4-6-12(16)9-13)10-11-5-2-3-8-14(11)15(17)18-20/h2-9,20H,10H2,1H3,(H2,17,18). The average Bonchev–Trinajstić information content (AvgIpc) is 2.47. The molecule has 20 heavy (non-hydrogen) atoms. The number of nitrogens with two attached hydrogens (primary N) is 1. The van der Waals surface area contributed by atoms with Crippen LogP contribution in [0, 0.1) is 5.82 Å². The highest BCUT2D eigenvalue weighted by Crippen LogP contribution is 2.18. The molecule has 0 aromatic heterocycles. The van der Waals surface area contributed by atoms with Gasteiger partial charge in [-0.15, -0.1) is 0 Å². The molecule has 3 N–H and O–H groups in total. The van der Waals surface area contributed by atoms with Crippen molar-refractivity contribution in [2.45, 2.75) is 6.54 Å². The molecule has 0 heterocycles. The van der Waals surface area contributed by atoms with Crippen LogP contribution in [-0.4, -0.2) is 18.1 Å². The van der Waals surface area contributed by atoms with Gasteiger partial charge in [-0.3, -0.25) is 0 Å². The zero-order chi connectivity index (χ0) is 14.5. The molecular formula is C15H16FN3O. The predicted molar refractivity (Wildman–Crippen MR) is 77.5 cm³/mol. The smallest absolute Gasteiger partial charge is 0.170 e. The van der Waals surface area contributed by atoms with Gasteiger partial charge in [0.1, 0.15) is 5.82 Å². The number of oxime groups is 1. The van der Waals surface area contributed by atoms with E-state index in [2.05, 4.69) is 5.16 Å². The van der Waals surface area contributed by atoms with E-state index >= 15 is 0 Å². The number of halogens is 1. The van der Waals surface area contributed by atoms with Gasteiger partial charge >= 0.3 is 0 Å². The Morgan fingerprint density at radius 1 is 1.25 bits per heavy atom. The summed E-state index contributed by atoms with van der Waals surface area (Å²) in [5, 5.41) is 11.8. The van der Waals surface area contributed by atoms with E-state index < -0.39 is 0 Å². The monoisotopic (exact) mass is 273 g/mol. The largest absolute Gasteiger partial charge is 0.409 e. The van der Waals surface area contributed by atoms with Gasteiger partial charge in [0, 0.05) is 24.8 Å². The zero-order valence-corrected chi connectivity index (χ0v) is 11.1. The van der Waals surface area contributed by atoms with E-state index in [1.165, 1.54) is 12.1 Å². The molecule has 0 saturated heterocycles. The van der Waals surface area contributed by atoms with Gasteiger partial charge in [-0.2, -0.15) is 0 Å². The first-order valence-corrected chi connectivity index (χ1v) is 6.14.